The Balaban J connectivity index is 1.84. The average molecular weight is 395 g/mol. The van der Waals surface area contributed by atoms with E-state index >= 15 is 0 Å². The smallest absolute Gasteiger partial charge is 0.243 e. The van der Waals surface area contributed by atoms with Gasteiger partial charge in [-0.2, -0.15) is 4.31 Å². The Morgan fingerprint density at radius 3 is 2.52 bits per heavy atom. The van der Waals surface area contributed by atoms with Gasteiger partial charge in [0.1, 0.15) is 0 Å². The number of likely N-dealkylation sites (N-methyl/N-ethyl adjacent to an activating group) is 2. The number of hydrogen-bond donors (Lipinski definition) is 0. The zero-order valence-electron chi connectivity index (χ0n) is 16.1. The van der Waals surface area contributed by atoms with Crippen LogP contribution in [-0.2, 0) is 29.8 Å². The van der Waals surface area contributed by atoms with Crippen molar-refractivity contribution < 1.29 is 22.7 Å². The second kappa shape index (κ2) is 6.88. The number of amides is 2. The minimum Gasteiger partial charge on any atom is -0.378 e. The number of sulfonamides is 1. The summed E-state index contributed by atoms with van der Waals surface area (Å²) in [6.45, 7) is 5.18. The third-order valence-corrected chi connectivity index (χ3v) is 7.07. The van der Waals surface area contributed by atoms with Gasteiger partial charge < -0.3 is 14.5 Å². The molecule has 1 aromatic carbocycles. The molecule has 1 saturated heterocycles. The predicted octanol–water partition coefficient (Wildman–Crippen LogP) is 0.420. The number of hydrogen-bond acceptors (Lipinski definition) is 5. The standard InChI is InChI=1S/C18H25N3O5S/c1-18(2)14-11-13(5-6-15(14)20(4)17(18)23)27(24,25)19(3)12-16(22)21-7-9-26-10-8-21/h5-6,11H,7-10,12H2,1-4H3. The molecule has 2 aliphatic heterocycles. The summed E-state index contributed by atoms with van der Waals surface area (Å²) in [6, 6.07) is 4.67. The summed E-state index contributed by atoms with van der Waals surface area (Å²) < 4.78 is 32.2. The summed E-state index contributed by atoms with van der Waals surface area (Å²) >= 11 is 0. The first-order chi connectivity index (χ1) is 12.6. The molecule has 1 fully saturated rings. The van der Waals surface area contributed by atoms with Crippen LogP contribution in [0.25, 0.3) is 0 Å². The number of carbonyl (C=O) groups excluding carboxylic acids is 2. The summed E-state index contributed by atoms with van der Waals surface area (Å²) in [7, 11) is -0.785. The van der Waals surface area contributed by atoms with Gasteiger partial charge in [-0.25, -0.2) is 8.42 Å². The van der Waals surface area contributed by atoms with Gasteiger partial charge in [0.15, 0.2) is 0 Å². The molecule has 2 amide bonds. The summed E-state index contributed by atoms with van der Waals surface area (Å²) in [6.07, 6.45) is 0. The first-order valence-electron chi connectivity index (χ1n) is 8.81. The number of ether oxygens (including phenoxy) is 1. The maximum Gasteiger partial charge on any atom is 0.243 e. The van der Waals surface area contributed by atoms with Gasteiger partial charge in [0.2, 0.25) is 21.8 Å². The van der Waals surface area contributed by atoms with Gasteiger partial charge in [-0.05, 0) is 37.6 Å². The van der Waals surface area contributed by atoms with E-state index in [-0.39, 0.29) is 23.3 Å². The summed E-state index contributed by atoms with van der Waals surface area (Å²) in [5.41, 5.74) is 0.581. The van der Waals surface area contributed by atoms with E-state index < -0.39 is 15.4 Å². The molecule has 0 atom stereocenters. The molecule has 8 nitrogen and oxygen atoms in total. The Kier molecular flexibility index (Phi) is 5.04. The van der Waals surface area contributed by atoms with E-state index in [1.807, 2.05) is 0 Å². The Hall–Kier alpha value is -1.97. The first-order valence-corrected chi connectivity index (χ1v) is 10.3. The van der Waals surface area contributed by atoms with Crippen LogP contribution in [0.15, 0.2) is 23.1 Å². The Morgan fingerprint density at radius 2 is 1.89 bits per heavy atom. The second-order valence-corrected chi connectivity index (χ2v) is 9.47. The van der Waals surface area contributed by atoms with Gasteiger partial charge in [-0.15, -0.1) is 0 Å². The van der Waals surface area contributed by atoms with Crippen molar-refractivity contribution in [1.29, 1.82) is 0 Å². The van der Waals surface area contributed by atoms with Gasteiger partial charge in [-0.1, -0.05) is 0 Å². The van der Waals surface area contributed by atoms with Crippen molar-refractivity contribution in [3.05, 3.63) is 23.8 Å². The zero-order valence-corrected chi connectivity index (χ0v) is 16.9. The van der Waals surface area contributed by atoms with Crippen molar-refractivity contribution in [2.45, 2.75) is 24.2 Å². The molecule has 0 radical (unpaired) electrons. The second-order valence-electron chi connectivity index (χ2n) is 7.42. The molecule has 0 spiro atoms. The number of nitrogens with zero attached hydrogens (tertiary/aromatic N) is 3. The molecule has 0 saturated carbocycles. The Labute approximate surface area is 159 Å². The quantitative estimate of drug-likeness (QED) is 0.737. The molecule has 0 N–H and O–H groups in total. The minimum atomic E-state index is -3.85. The van der Waals surface area contributed by atoms with Gasteiger partial charge in [-0.3, -0.25) is 9.59 Å². The number of rotatable bonds is 4. The summed E-state index contributed by atoms with van der Waals surface area (Å²) in [4.78, 5) is 28.0. The predicted molar refractivity (Wildman–Crippen MR) is 100 cm³/mol. The highest BCUT2D eigenvalue weighted by atomic mass is 32.2. The average Bonchev–Trinajstić information content (AvgIpc) is 2.82. The maximum atomic E-state index is 13.0. The SMILES string of the molecule is CN1C(=O)C(C)(C)c2cc(S(=O)(=O)N(C)CC(=O)N3CCOCC3)ccc21. The molecule has 0 aromatic heterocycles. The zero-order chi connectivity index (χ0) is 20.0. The molecule has 1 aromatic rings. The fourth-order valence-electron chi connectivity index (χ4n) is 3.48. The lowest BCUT2D eigenvalue weighted by atomic mass is 9.86. The number of benzene rings is 1. The normalized spacial score (nSPS) is 19.5. The van der Waals surface area contributed by atoms with Crippen molar-refractivity contribution in [2.75, 3.05) is 51.8 Å². The van der Waals surface area contributed by atoms with Crippen molar-refractivity contribution in [1.82, 2.24) is 9.21 Å². The molecule has 0 aliphatic carbocycles. The topological polar surface area (TPSA) is 87.2 Å². The van der Waals surface area contributed by atoms with E-state index in [1.54, 1.807) is 37.9 Å². The molecular formula is C18H25N3O5S. The lowest BCUT2D eigenvalue weighted by molar-refractivity contribution is -0.135. The van der Waals surface area contributed by atoms with Gasteiger partial charge in [0.05, 0.1) is 30.1 Å². The van der Waals surface area contributed by atoms with Crippen LogP contribution in [-0.4, -0.2) is 76.4 Å². The first kappa shape index (κ1) is 19.8. The molecule has 3 rings (SSSR count). The minimum absolute atomic E-state index is 0.0784. The Bertz CT molecular complexity index is 875. The molecule has 0 unspecified atom stereocenters. The Morgan fingerprint density at radius 1 is 1.26 bits per heavy atom. The molecular weight excluding hydrogens is 370 g/mol. The van der Waals surface area contributed by atoms with Crippen LogP contribution in [0.1, 0.15) is 19.4 Å². The fraction of sp³-hybridized carbons (Fsp3) is 0.556. The highest BCUT2D eigenvalue weighted by Gasteiger charge is 2.43. The molecule has 148 valence electrons. The fourth-order valence-corrected chi connectivity index (χ4v) is 4.63. The van der Waals surface area contributed by atoms with Crippen LogP contribution in [0, 0.1) is 0 Å². The molecule has 2 heterocycles. The van der Waals surface area contributed by atoms with Crippen molar-refractivity contribution >= 4 is 27.5 Å². The van der Waals surface area contributed by atoms with Crippen LogP contribution in [0.5, 0.6) is 0 Å². The summed E-state index contributed by atoms with van der Waals surface area (Å²) in [5.74, 6) is -0.330. The van der Waals surface area contributed by atoms with Gasteiger partial charge >= 0.3 is 0 Å². The van der Waals surface area contributed by atoms with Crippen molar-refractivity contribution in [3.8, 4) is 0 Å². The van der Waals surface area contributed by atoms with E-state index in [0.717, 1.165) is 4.31 Å². The monoisotopic (exact) mass is 395 g/mol. The lowest BCUT2D eigenvalue weighted by Gasteiger charge is -2.28. The highest BCUT2D eigenvalue weighted by Crippen LogP contribution is 2.41. The summed E-state index contributed by atoms with van der Waals surface area (Å²) in [5, 5.41) is 0. The number of morpholine rings is 1. The van der Waals surface area contributed by atoms with E-state index in [0.29, 0.717) is 37.6 Å². The van der Waals surface area contributed by atoms with Crippen molar-refractivity contribution in [3.63, 3.8) is 0 Å². The third-order valence-electron chi connectivity index (χ3n) is 5.27. The van der Waals surface area contributed by atoms with Crippen LogP contribution in [0.2, 0.25) is 0 Å². The van der Waals surface area contributed by atoms with E-state index in [2.05, 4.69) is 0 Å². The van der Waals surface area contributed by atoms with Gasteiger partial charge in [0, 0.05) is 32.9 Å². The van der Waals surface area contributed by atoms with Crippen molar-refractivity contribution in [2.24, 2.45) is 0 Å². The van der Waals surface area contributed by atoms with Crippen LogP contribution < -0.4 is 4.90 Å². The molecule has 27 heavy (non-hydrogen) atoms. The van der Waals surface area contributed by atoms with E-state index in [9.17, 15) is 18.0 Å². The number of carbonyl (C=O) groups is 2. The maximum absolute atomic E-state index is 13.0. The van der Waals surface area contributed by atoms with Gasteiger partial charge in [0.25, 0.3) is 0 Å². The van der Waals surface area contributed by atoms with E-state index in [4.69, 9.17) is 4.74 Å². The van der Waals surface area contributed by atoms with E-state index in [1.165, 1.54) is 18.0 Å². The molecule has 9 heteroatoms. The largest absolute Gasteiger partial charge is 0.378 e. The number of fused-ring (bicyclic) bond motifs is 1. The van der Waals surface area contributed by atoms with Crippen LogP contribution >= 0.6 is 0 Å². The number of anilines is 1. The lowest BCUT2D eigenvalue weighted by Crippen LogP contribution is -2.46. The third kappa shape index (κ3) is 3.35. The van der Waals surface area contributed by atoms with Crippen LogP contribution in [0.3, 0.4) is 0 Å². The van der Waals surface area contributed by atoms with Crippen LogP contribution in [0.4, 0.5) is 5.69 Å². The molecule has 0 bridgehead atoms. The highest BCUT2D eigenvalue weighted by molar-refractivity contribution is 7.89. The molecule has 2 aliphatic rings.